The summed E-state index contributed by atoms with van der Waals surface area (Å²) in [6.45, 7) is 6.33. The zero-order valence-corrected chi connectivity index (χ0v) is 32.8. The number of unbranched alkanes of at least 4 members (excludes halogenated alkanes) is 16. The number of allylic oxidation sites excluding steroid dienone is 12. The Hall–Kier alpha value is -3.15. The van der Waals surface area contributed by atoms with Crippen LogP contribution in [-0.4, -0.2) is 37.2 Å². The Morgan fingerprint density at radius 1 is 0.412 bits per heavy atom. The van der Waals surface area contributed by atoms with E-state index in [1.165, 1.54) is 51.4 Å². The van der Waals surface area contributed by atoms with Gasteiger partial charge in [0, 0.05) is 19.3 Å². The highest BCUT2D eigenvalue weighted by Gasteiger charge is 2.19. The van der Waals surface area contributed by atoms with Crippen molar-refractivity contribution < 1.29 is 28.6 Å². The average Bonchev–Trinajstić information content (AvgIpc) is 3.12. The highest BCUT2D eigenvalue weighted by atomic mass is 16.6. The number of esters is 3. The zero-order valence-electron chi connectivity index (χ0n) is 32.8. The summed E-state index contributed by atoms with van der Waals surface area (Å²) in [4.78, 5) is 37.5. The van der Waals surface area contributed by atoms with Crippen LogP contribution in [0.2, 0.25) is 0 Å². The molecule has 0 saturated heterocycles. The number of hydrogen-bond acceptors (Lipinski definition) is 6. The van der Waals surface area contributed by atoms with E-state index in [1.807, 2.05) is 36.5 Å². The fourth-order valence-corrected chi connectivity index (χ4v) is 5.19. The fourth-order valence-electron chi connectivity index (χ4n) is 5.19. The summed E-state index contributed by atoms with van der Waals surface area (Å²) in [7, 11) is 0. The molecule has 0 aliphatic heterocycles. The molecule has 0 aromatic carbocycles. The molecule has 290 valence electrons. The number of ether oxygens (including phenoxy) is 3. The maximum atomic E-state index is 12.6. The Kier molecular flexibility index (Phi) is 37.2. The first-order chi connectivity index (χ1) is 25.0. The third kappa shape index (κ3) is 37.9. The SMILES string of the molecule is CC\C=C/C=C\C=C/C=C\CCCCCC(=O)OCC(COC(=O)CCCCCCCCCCC)OC(=O)CCCCC/C=C\C=C/CCCC. The van der Waals surface area contributed by atoms with Gasteiger partial charge in [-0.3, -0.25) is 14.4 Å². The van der Waals surface area contributed by atoms with Crippen LogP contribution in [0.15, 0.2) is 72.9 Å². The molecule has 0 saturated carbocycles. The lowest BCUT2D eigenvalue weighted by Gasteiger charge is -2.18. The van der Waals surface area contributed by atoms with Gasteiger partial charge in [-0.2, -0.15) is 0 Å². The molecule has 0 aliphatic carbocycles. The average molecular weight is 711 g/mol. The molecule has 51 heavy (non-hydrogen) atoms. The molecule has 0 aromatic heterocycles. The predicted molar refractivity (Wildman–Crippen MR) is 214 cm³/mol. The van der Waals surface area contributed by atoms with Gasteiger partial charge >= 0.3 is 17.9 Å². The van der Waals surface area contributed by atoms with Crippen LogP contribution in [0.25, 0.3) is 0 Å². The van der Waals surface area contributed by atoms with Crippen LogP contribution in [0, 0.1) is 0 Å². The minimum atomic E-state index is -0.799. The van der Waals surface area contributed by atoms with Crippen LogP contribution in [0.1, 0.15) is 175 Å². The first kappa shape index (κ1) is 47.8. The molecule has 0 amide bonds. The third-order valence-electron chi connectivity index (χ3n) is 8.32. The third-order valence-corrected chi connectivity index (χ3v) is 8.32. The summed E-state index contributed by atoms with van der Waals surface area (Å²) < 4.78 is 16.6. The zero-order chi connectivity index (χ0) is 37.3. The minimum absolute atomic E-state index is 0.0993. The molecule has 0 bridgehead atoms. The number of hydrogen-bond donors (Lipinski definition) is 0. The number of carbonyl (C=O) groups excluding carboxylic acids is 3. The van der Waals surface area contributed by atoms with Crippen molar-refractivity contribution in [3.8, 4) is 0 Å². The second-order valence-electron chi connectivity index (χ2n) is 13.3. The molecule has 0 radical (unpaired) electrons. The van der Waals surface area contributed by atoms with Crippen LogP contribution >= 0.6 is 0 Å². The number of carbonyl (C=O) groups is 3. The largest absolute Gasteiger partial charge is 0.462 e. The summed E-state index contributed by atoms with van der Waals surface area (Å²) in [6, 6.07) is 0. The summed E-state index contributed by atoms with van der Waals surface area (Å²) >= 11 is 0. The highest BCUT2D eigenvalue weighted by Crippen LogP contribution is 2.12. The molecule has 0 aromatic rings. The van der Waals surface area contributed by atoms with Gasteiger partial charge in [-0.1, -0.05) is 171 Å². The summed E-state index contributed by atoms with van der Waals surface area (Å²) in [5, 5.41) is 0. The summed E-state index contributed by atoms with van der Waals surface area (Å²) in [6.07, 6.45) is 47.4. The van der Waals surface area contributed by atoms with E-state index in [1.54, 1.807) is 0 Å². The van der Waals surface area contributed by atoms with Crippen molar-refractivity contribution in [2.45, 2.75) is 181 Å². The standard InChI is InChI=1S/C45H74O6/c1-4-7-10-13-16-19-21-22-24-26-29-32-35-38-44(47)50-41-42(40-49-43(46)37-34-31-28-25-18-15-12-9-6-3)51-45(48)39-36-33-30-27-23-20-17-14-11-8-5-2/h7,10,13-14,16-17,19-24,42H,4-6,8-9,11-12,15,18,25-41H2,1-3H3/b10-7-,16-13-,17-14-,21-19-,23-20-,24-22-. The van der Waals surface area contributed by atoms with E-state index in [0.717, 1.165) is 83.5 Å². The lowest BCUT2D eigenvalue weighted by atomic mass is 10.1. The lowest BCUT2D eigenvalue weighted by Crippen LogP contribution is -2.30. The van der Waals surface area contributed by atoms with Crippen molar-refractivity contribution in [2.75, 3.05) is 13.2 Å². The molecular weight excluding hydrogens is 636 g/mol. The summed E-state index contributed by atoms with van der Waals surface area (Å²) in [5.74, 6) is -0.982. The monoisotopic (exact) mass is 711 g/mol. The molecule has 0 N–H and O–H groups in total. The molecular formula is C45H74O6. The van der Waals surface area contributed by atoms with E-state index < -0.39 is 6.10 Å². The van der Waals surface area contributed by atoms with Crippen molar-refractivity contribution >= 4 is 17.9 Å². The smallest absolute Gasteiger partial charge is 0.306 e. The van der Waals surface area contributed by atoms with E-state index in [9.17, 15) is 14.4 Å². The molecule has 0 heterocycles. The fraction of sp³-hybridized carbons (Fsp3) is 0.667. The van der Waals surface area contributed by atoms with E-state index in [4.69, 9.17) is 14.2 Å². The normalized spacial score (nSPS) is 12.8. The van der Waals surface area contributed by atoms with Gasteiger partial charge < -0.3 is 14.2 Å². The first-order valence-electron chi connectivity index (χ1n) is 20.5. The number of rotatable bonds is 35. The Morgan fingerprint density at radius 3 is 1.27 bits per heavy atom. The molecule has 0 spiro atoms. The lowest BCUT2D eigenvalue weighted by molar-refractivity contribution is -0.167. The molecule has 1 atom stereocenters. The van der Waals surface area contributed by atoms with Gasteiger partial charge in [0.15, 0.2) is 6.10 Å². The van der Waals surface area contributed by atoms with Crippen LogP contribution < -0.4 is 0 Å². The van der Waals surface area contributed by atoms with Gasteiger partial charge in [0.1, 0.15) is 13.2 Å². The maximum absolute atomic E-state index is 12.6. The van der Waals surface area contributed by atoms with Crippen LogP contribution in [-0.2, 0) is 28.6 Å². The Morgan fingerprint density at radius 2 is 0.784 bits per heavy atom. The molecule has 0 aliphatic rings. The topological polar surface area (TPSA) is 78.9 Å². The molecule has 0 rings (SSSR count). The van der Waals surface area contributed by atoms with Gasteiger partial charge in [0.25, 0.3) is 0 Å². The quantitative estimate of drug-likeness (QED) is 0.0282. The first-order valence-corrected chi connectivity index (χ1v) is 20.5. The molecule has 1 unspecified atom stereocenters. The van der Waals surface area contributed by atoms with Gasteiger partial charge in [0.05, 0.1) is 0 Å². The van der Waals surface area contributed by atoms with Gasteiger partial charge in [-0.05, 0) is 57.8 Å². The Labute approximate surface area is 312 Å². The van der Waals surface area contributed by atoms with E-state index >= 15 is 0 Å². The predicted octanol–water partition coefficient (Wildman–Crippen LogP) is 12.7. The Bertz CT molecular complexity index is 1000. The molecule has 6 nitrogen and oxygen atoms in total. The second kappa shape index (κ2) is 39.6. The van der Waals surface area contributed by atoms with E-state index in [-0.39, 0.29) is 37.5 Å². The Balaban J connectivity index is 4.50. The van der Waals surface area contributed by atoms with E-state index in [0.29, 0.717) is 12.8 Å². The van der Waals surface area contributed by atoms with Crippen molar-refractivity contribution in [1.29, 1.82) is 0 Å². The maximum Gasteiger partial charge on any atom is 0.306 e. The van der Waals surface area contributed by atoms with Gasteiger partial charge in [0.2, 0.25) is 0 Å². The van der Waals surface area contributed by atoms with Crippen LogP contribution in [0.4, 0.5) is 0 Å². The minimum Gasteiger partial charge on any atom is -0.462 e. The van der Waals surface area contributed by atoms with Crippen molar-refractivity contribution in [1.82, 2.24) is 0 Å². The van der Waals surface area contributed by atoms with Crippen molar-refractivity contribution in [3.63, 3.8) is 0 Å². The van der Waals surface area contributed by atoms with Crippen molar-refractivity contribution in [3.05, 3.63) is 72.9 Å². The highest BCUT2D eigenvalue weighted by molar-refractivity contribution is 5.71. The molecule has 0 fully saturated rings. The van der Waals surface area contributed by atoms with E-state index in [2.05, 4.69) is 57.2 Å². The molecule has 6 heteroatoms. The second-order valence-corrected chi connectivity index (χ2v) is 13.3. The van der Waals surface area contributed by atoms with Gasteiger partial charge in [-0.25, -0.2) is 0 Å². The van der Waals surface area contributed by atoms with Crippen LogP contribution in [0.3, 0.4) is 0 Å². The van der Waals surface area contributed by atoms with Crippen molar-refractivity contribution in [2.24, 2.45) is 0 Å². The summed E-state index contributed by atoms with van der Waals surface area (Å²) in [5.41, 5.74) is 0. The van der Waals surface area contributed by atoms with Crippen LogP contribution in [0.5, 0.6) is 0 Å². The van der Waals surface area contributed by atoms with Gasteiger partial charge in [-0.15, -0.1) is 0 Å².